The van der Waals surface area contributed by atoms with Crippen LogP contribution < -0.4 is 0 Å². The van der Waals surface area contributed by atoms with Crippen molar-refractivity contribution in [1.82, 2.24) is 0 Å². The molecule has 1 fully saturated rings. The molecule has 2 aliphatic rings. The molecule has 0 aliphatic heterocycles. The van der Waals surface area contributed by atoms with Crippen molar-refractivity contribution in [3.05, 3.63) is 34.9 Å². The monoisotopic (exact) mass is 244 g/mol. The highest BCUT2D eigenvalue weighted by Crippen LogP contribution is 2.47. The Morgan fingerprint density at radius 1 is 1.00 bits per heavy atom. The summed E-state index contributed by atoms with van der Waals surface area (Å²) in [4.78, 5) is 0. The SMILES string of the molecule is CC1(C(O)c2ccc3c(c2)CCCC3)CCCC1. The second-order valence-electron chi connectivity index (χ2n) is 6.50. The summed E-state index contributed by atoms with van der Waals surface area (Å²) in [6.07, 6.45) is 9.69. The Labute approximate surface area is 110 Å². The van der Waals surface area contributed by atoms with Crippen molar-refractivity contribution in [3.63, 3.8) is 0 Å². The number of hydrogen-bond acceptors (Lipinski definition) is 1. The van der Waals surface area contributed by atoms with Crippen LogP contribution in [-0.2, 0) is 12.8 Å². The van der Waals surface area contributed by atoms with Gasteiger partial charge in [0.2, 0.25) is 0 Å². The molecular formula is C17H24O. The zero-order valence-electron chi connectivity index (χ0n) is 11.4. The number of rotatable bonds is 2. The molecule has 0 bridgehead atoms. The maximum Gasteiger partial charge on any atom is 0.0843 e. The van der Waals surface area contributed by atoms with E-state index >= 15 is 0 Å². The van der Waals surface area contributed by atoms with Gasteiger partial charge in [-0.15, -0.1) is 0 Å². The Bertz CT molecular complexity index is 429. The fourth-order valence-electron chi connectivity index (χ4n) is 3.78. The van der Waals surface area contributed by atoms with Gasteiger partial charge in [-0.3, -0.25) is 0 Å². The highest BCUT2D eigenvalue weighted by Gasteiger charge is 2.36. The lowest BCUT2D eigenvalue weighted by molar-refractivity contribution is 0.0407. The molecule has 0 radical (unpaired) electrons. The molecule has 1 aromatic rings. The van der Waals surface area contributed by atoms with E-state index < -0.39 is 0 Å². The van der Waals surface area contributed by atoms with Crippen molar-refractivity contribution in [2.24, 2.45) is 5.41 Å². The Hall–Kier alpha value is -0.820. The van der Waals surface area contributed by atoms with E-state index in [2.05, 4.69) is 25.1 Å². The first kappa shape index (κ1) is 12.2. The molecule has 1 N–H and O–H groups in total. The zero-order chi connectivity index (χ0) is 12.6. The van der Waals surface area contributed by atoms with Crippen LogP contribution in [0.3, 0.4) is 0 Å². The first-order valence-corrected chi connectivity index (χ1v) is 7.49. The molecule has 1 atom stereocenters. The Balaban J connectivity index is 1.87. The molecule has 0 heterocycles. The predicted octanol–water partition coefficient (Wildman–Crippen LogP) is 4.18. The van der Waals surface area contributed by atoms with Crippen LogP contribution in [0.25, 0.3) is 0 Å². The molecule has 18 heavy (non-hydrogen) atoms. The van der Waals surface area contributed by atoms with Crippen molar-refractivity contribution < 1.29 is 5.11 Å². The van der Waals surface area contributed by atoms with Crippen molar-refractivity contribution >= 4 is 0 Å². The van der Waals surface area contributed by atoms with E-state index in [1.54, 1.807) is 0 Å². The van der Waals surface area contributed by atoms with E-state index in [0.29, 0.717) is 0 Å². The minimum absolute atomic E-state index is 0.114. The standard InChI is InChI=1S/C17H24O/c1-17(10-4-5-11-17)16(18)15-9-8-13-6-2-3-7-14(13)12-15/h8-9,12,16,18H,2-7,10-11H2,1H3. The summed E-state index contributed by atoms with van der Waals surface area (Å²) in [5, 5.41) is 10.7. The normalized spacial score (nSPS) is 23.7. The number of aliphatic hydroxyl groups excluding tert-OH is 1. The van der Waals surface area contributed by atoms with E-state index in [4.69, 9.17) is 0 Å². The molecule has 1 heteroatoms. The molecule has 0 amide bonds. The lowest BCUT2D eigenvalue weighted by Crippen LogP contribution is -2.22. The third-order valence-electron chi connectivity index (χ3n) is 5.09. The van der Waals surface area contributed by atoms with Crippen LogP contribution in [-0.4, -0.2) is 5.11 Å². The first-order chi connectivity index (χ1) is 8.69. The van der Waals surface area contributed by atoms with Gasteiger partial charge in [-0.05, 0) is 60.6 Å². The number of fused-ring (bicyclic) bond motifs is 1. The van der Waals surface area contributed by atoms with Crippen LogP contribution in [0, 0.1) is 5.41 Å². The van der Waals surface area contributed by atoms with Crippen LogP contribution in [0.1, 0.15) is 68.2 Å². The van der Waals surface area contributed by atoms with Crippen molar-refractivity contribution in [2.75, 3.05) is 0 Å². The minimum Gasteiger partial charge on any atom is -0.388 e. The number of hydrogen-bond donors (Lipinski definition) is 1. The number of benzene rings is 1. The second kappa shape index (κ2) is 4.70. The lowest BCUT2D eigenvalue weighted by Gasteiger charge is -2.31. The molecule has 1 nitrogen and oxygen atoms in total. The summed E-state index contributed by atoms with van der Waals surface area (Å²) >= 11 is 0. The quantitative estimate of drug-likeness (QED) is 0.827. The smallest absolute Gasteiger partial charge is 0.0843 e. The summed E-state index contributed by atoms with van der Waals surface area (Å²) in [6, 6.07) is 6.70. The number of aliphatic hydroxyl groups is 1. The van der Waals surface area contributed by atoms with Gasteiger partial charge in [0.15, 0.2) is 0 Å². The summed E-state index contributed by atoms with van der Waals surface area (Å²) in [5.74, 6) is 0. The van der Waals surface area contributed by atoms with Gasteiger partial charge in [0.25, 0.3) is 0 Å². The topological polar surface area (TPSA) is 20.2 Å². The van der Waals surface area contributed by atoms with Crippen LogP contribution in [0.2, 0.25) is 0 Å². The van der Waals surface area contributed by atoms with Gasteiger partial charge in [-0.2, -0.15) is 0 Å². The van der Waals surface area contributed by atoms with E-state index in [1.165, 1.54) is 62.5 Å². The van der Waals surface area contributed by atoms with Crippen molar-refractivity contribution in [3.8, 4) is 0 Å². The van der Waals surface area contributed by atoms with Crippen LogP contribution in [0.5, 0.6) is 0 Å². The molecule has 2 aliphatic carbocycles. The van der Waals surface area contributed by atoms with E-state index in [9.17, 15) is 5.11 Å². The van der Waals surface area contributed by atoms with Gasteiger partial charge < -0.3 is 5.11 Å². The Morgan fingerprint density at radius 2 is 1.67 bits per heavy atom. The van der Waals surface area contributed by atoms with Gasteiger partial charge in [0.1, 0.15) is 0 Å². The van der Waals surface area contributed by atoms with Gasteiger partial charge in [0, 0.05) is 0 Å². The molecule has 0 saturated heterocycles. The highest BCUT2D eigenvalue weighted by molar-refractivity contribution is 5.35. The van der Waals surface area contributed by atoms with Gasteiger partial charge in [-0.25, -0.2) is 0 Å². The zero-order valence-corrected chi connectivity index (χ0v) is 11.4. The summed E-state index contributed by atoms with van der Waals surface area (Å²) in [7, 11) is 0. The fourth-order valence-corrected chi connectivity index (χ4v) is 3.78. The predicted molar refractivity (Wildman–Crippen MR) is 74.6 cm³/mol. The molecule has 1 aromatic carbocycles. The summed E-state index contributed by atoms with van der Waals surface area (Å²) < 4.78 is 0. The molecule has 0 aromatic heterocycles. The van der Waals surface area contributed by atoms with E-state index in [0.717, 1.165) is 5.56 Å². The summed E-state index contributed by atoms with van der Waals surface area (Å²) in [5.41, 5.74) is 4.26. The third kappa shape index (κ3) is 2.09. The highest BCUT2D eigenvalue weighted by atomic mass is 16.3. The average Bonchev–Trinajstić information content (AvgIpc) is 2.85. The maximum atomic E-state index is 10.7. The van der Waals surface area contributed by atoms with Gasteiger partial charge >= 0.3 is 0 Å². The van der Waals surface area contributed by atoms with Crippen LogP contribution in [0.15, 0.2) is 18.2 Å². The molecule has 3 rings (SSSR count). The maximum absolute atomic E-state index is 10.7. The van der Waals surface area contributed by atoms with Gasteiger partial charge in [0.05, 0.1) is 6.10 Å². The Kier molecular flexibility index (Phi) is 3.19. The average molecular weight is 244 g/mol. The molecule has 1 saturated carbocycles. The first-order valence-electron chi connectivity index (χ1n) is 7.49. The molecule has 0 spiro atoms. The third-order valence-corrected chi connectivity index (χ3v) is 5.09. The van der Waals surface area contributed by atoms with Crippen LogP contribution >= 0.6 is 0 Å². The van der Waals surface area contributed by atoms with Gasteiger partial charge in [-0.1, -0.05) is 38.0 Å². The van der Waals surface area contributed by atoms with Crippen molar-refractivity contribution in [2.45, 2.75) is 64.4 Å². The summed E-state index contributed by atoms with van der Waals surface area (Å²) in [6.45, 7) is 2.25. The molecular weight excluding hydrogens is 220 g/mol. The van der Waals surface area contributed by atoms with Crippen molar-refractivity contribution in [1.29, 1.82) is 0 Å². The minimum atomic E-state index is -0.271. The van der Waals surface area contributed by atoms with E-state index in [1.807, 2.05) is 0 Å². The largest absolute Gasteiger partial charge is 0.388 e. The lowest BCUT2D eigenvalue weighted by atomic mass is 9.78. The molecule has 1 unspecified atom stereocenters. The van der Waals surface area contributed by atoms with Crippen LogP contribution in [0.4, 0.5) is 0 Å². The second-order valence-corrected chi connectivity index (χ2v) is 6.50. The molecule has 98 valence electrons. The fraction of sp³-hybridized carbons (Fsp3) is 0.647. The van der Waals surface area contributed by atoms with E-state index in [-0.39, 0.29) is 11.5 Å². The number of aryl methyl sites for hydroxylation is 2. The Morgan fingerprint density at radius 3 is 2.39 bits per heavy atom.